The summed E-state index contributed by atoms with van der Waals surface area (Å²) in [5.41, 5.74) is 6.70. The number of aliphatic hydroxyl groups is 1. The molecule has 3 aliphatic heterocycles. The minimum atomic E-state index is -0.916. The molecule has 3 aliphatic rings. The zero-order chi connectivity index (χ0) is 41.7. The van der Waals surface area contributed by atoms with E-state index in [-0.39, 0.29) is 35.7 Å². The van der Waals surface area contributed by atoms with Gasteiger partial charge in [0, 0.05) is 24.0 Å². The molecule has 15 nitrogen and oxygen atoms in total. The number of carbonyl (C=O) groups excluding carboxylic acids is 3. The smallest absolute Gasteiger partial charge is 0.407 e. The molecule has 5 N–H and O–H groups in total. The SMILES string of the molecule is COC(=O)NC(C(=O)N1C[C@@H](C)CC1c1ncc(-c2ccc3c(c2)COc2cc4c(ccc5nc([C@@H]6CCCN6C(O)C(NC(=O)OC)C(C)C)[nH]c54)cc2-3)[nH]1)C(C)C. The van der Waals surface area contributed by atoms with Gasteiger partial charge in [-0.05, 0) is 83.4 Å². The topological polar surface area (TPSA) is 187 Å². The van der Waals surface area contributed by atoms with E-state index in [2.05, 4.69) is 63.9 Å². The number of carbonyl (C=O) groups is 3. The summed E-state index contributed by atoms with van der Waals surface area (Å²) in [5.74, 6) is 2.25. The number of amides is 3. The van der Waals surface area contributed by atoms with Gasteiger partial charge in [-0.1, -0.05) is 52.8 Å². The van der Waals surface area contributed by atoms with E-state index in [1.165, 1.54) is 14.2 Å². The van der Waals surface area contributed by atoms with Crippen LogP contribution in [0.2, 0.25) is 0 Å². The Morgan fingerprint density at radius 1 is 0.932 bits per heavy atom. The highest BCUT2D eigenvalue weighted by Crippen LogP contribution is 2.44. The zero-order valence-corrected chi connectivity index (χ0v) is 34.7. The quantitative estimate of drug-likeness (QED) is 0.101. The minimum absolute atomic E-state index is 0.0234. The van der Waals surface area contributed by atoms with Crippen molar-refractivity contribution in [2.24, 2.45) is 17.8 Å². The Labute approximate surface area is 343 Å². The van der Waals surface area contributed by atoms with Gasteiger partial charge in [-0.15, -0.1) is 0 Å². The summed E-state index contributed by atoms with van der Waals surface area (Å²) in [5, 5.41) is 19.1. The minimum Gasteiger partial charge on any atom is -0.488 e. The Balaban J connectivity index is 1.04. The van der Waals surface area contributed by atoms with Gasteiger partial charge in [0.15, 0.2) is 0 Å². The number of aliphatic hydroxyl groups excluding tert-OH is 1. The lowest BCUT2D eigenvalue weighted by molar-refractivity contribution is -0.135. The fourth-order valence-corrected chi connectivity index (χ4v) is 9.10. The predicted molar refractivity (Wildman–Crippen MR) is 222 cm³/mol. The molecular formula is C44H54N8O7. The molecule has 3 amide bonds. The predicted octanol–water partition coefficient (Wildman–Crippen LogP) is 6.79. The molecule has 8 rings (SSSR count). The second kappa shape index (κ2) is 16.2. The number of methoxy groups -OCH3 is 2. The molecule has 5 aromatic rings. The van der Waals surface area contributed by atoms with E-state index >= 15 is 0 Å². The Bertz CT molecular complexity index is 2390. The summed E-state index contributed by atoms with van der Waals surface area (Å²) in [6.07, 6.45) is 2.17. The van der Waals surface area contributed by atoms with Crippen molar-refractivity contribution in [1.82, 2.24) is 40.4 Å². The first-order chi connectivity index (χ1) is 28.3. The number of fused-ring (bicyclic) bond motifs is 6. The van der Waals surface area contributed by atoms with E-state index in [1.54, 1.807) is 0 Å². The zero-order valence-electron chi connectivity index (χ0n) is 34.7. The fourth-order valence-electron chi connectivity index (χ4n) is 9.10. The van der Waals surface area contributed by atoms with Gasteiger partial charge in [0.25, 0.3) is 0 Å². The molecular weight excluding hydrogens is 753 g/mol. The number of alkyl carbamates (subject to hydrolysis) is 2. The van der Waals surface area contributed by atoms with Crippen LogP contribution in [0, 0.1) is 17.8 Å². The number of nitrogens with one attached hydrogen (secondary N) is 4. The summed E-state index contributed by atoms with van der Waals surface area (Å²) in [4.78, 5) is 58.7. The summed E-state index contributed by atoms with van der Waals surface area (Å²) < 4.78 is 16.1. The van der Waals surface area contributed by atoms with Crippen molar-refractivity contribution >= 4 is 39.9 Å². The maximum atomic E-state index is 13.8. The molecule has 4 unspecified atom stereocenters. The Morgan fingerprint density at radius 2 is 1.71 bits per heavy atom. The van der Waals surface area contributed by atoms with Gasteiger partial charge < -0.3 is 44.8 Å². The lowest BCUT2D eigenvalue weighted by Crippen LogP contribution is -2.54. The van der Waals surface area contributed by atoms with Crippen LogP contribution >= 0.6 is 0 Å². The average molecular weight is 807 g/mol. The number of hydrogen-bond acceptors (Lipinski definition) is 10. The van der Waals surface area contributed by atoms with Gasteiger partial charge in [0.1, 0.15) is 36.3 Å². The first-order valence-electron chi connectivity index (χ1n) is 20.6. The third kappa shape index (κ3) is 7.57. The van der Waals surface area contributed by atoms with Crippen LogP contribution in [0.15, 0.2) is 48.7 Å². The summed E-state index contributed by atoms with van der Waals surface area (Å²) in [6.45, 7) is 11.5. The van der Waals surface area contributed by atoms with Crippen molar-refractivity contribution < 1.29 is 33.7 Å². The maximum Gasteiger partial charge on any atom is 0.407 e. The van der Waals surface area contributed by atoms with Crippen LogP contribution in [0.4, 0.5) is 9.59 Å². The molecule has 3 aromatic carbocycles. The first kappa shape index (κ1) is 40.1. The number of benzene rings is 3. The normalized spacial score (nSPS) is 20.6. The molecule has 0 bridgehead atoms. The molecule has 15 heteroatoms. The second-order valence-electron chi connectivity index (χ2n) is 16.9. The van der Waals surface area contributed by atoms with E-state index < -0.39 is 30.5 Å². The van der Waals surface area contributed by atoms with Crippen molar-refractivity contribution in [1.29, 1.82) is 0 Å². The number of H-pyrrole nitrogens is 2. The van der Waals surface area contributed by atoms with E-state index in [0.717, 1.165) is 80.6 Å². The number of rotatable bonds is 10. The monoisotopic (exact) mass is 806 g/mol. The van der Waals surface area contributed by atoms with E-state index in [0.29, 0.717) is 25.5 Å². The number of imidazole rings is 2. The molecule has 2 aromatic heterocycles. The maximum absolute atomic E-state index is 13.8. The van der Waals surface area contributed by atoms with Gasteiger partial charge in [0.05, 0.1) is 55.3 Å². The third-order valence-corrected chi connectivity index (χ3v) is 12.2. The molecule has 0 aliphatic carbocycles. The number of nitrogens with zero attached hydrogens (tertiary/aromatic N) is 4. The lowest BCUT2D eigenvalue weighted by Gasteiger charge is -2.35. The van der Waals surface area contributed by atoms with E-state index in [4.69, 9.17) is 24.2 Å². The van der Waals surface area contributed by atoms with Gasteiger partial charge in [0.2, 0.25) is 5.91 Å². The summed E-state index contributed by atoms with van der Waals surface area (Å²) >= 11 is 0. The molecule has 2 fully saturated rings. The van der Waals surface area contributed by atoms with Crippen LogP contribution < -0.4 is 15.4 Å². The van der Waals surface area contributed by atoms with Gasteiger partial charge in [-0.2, -0.15) is 0 Å². The van der Waals surface area contributed by atoms with Crippen molar-refractivity contribution in [3.63, 3.8) is 0 Å². The number of likely N-dealkylation sites (tertiary alicyclic amines) is 2. The second-order valence-corrected chi connectivity index (χ2v) is 16.9. The summed E-state index contributed by atoms with van der Waals surface area (Å²) in [7, 11) is 2.61. The number of aromatic nitrogens is 4. The Hall–Kier alpha value is -5.67. The molecule has 0 spiro atoms. The van der Waals surface area contributed by atoms with Crippen molar-refractivity contribution in [3.8, 4) is 28.1 Å². The third-order valence-electron chi connectivity index (χ3n) is 12.2. The number of hydrogen-bond donors (Lipinski definition) is 5. The van der Waals surface area contributed by atoms with Gasteiger partial charge >= 0.3 is 12.2 Å². The molecule has 0 saturated carbocycles. The van der Waals surface area contributed by atoms with E-state index in [1.807, 2.05) is 49.8 Å². The highest BCUT2D eigenvalue weighted by atomic mass is 16.5. The highest BCUT2D eigenvalue weighted by molar-refractivity contribution is 6.07. The van der Waals surface area contributed by atoms with E-state index in [9.17, 15) is 19.5 Å². The molecule has 5 heterocycles. The highest BCUT2D eigenvalue weighted by Gasteiger charge is 2.41. The summed E-state index contributed by atoms with van der Waals surface area (Å²) in [6, 6.07) is 13.1. The standard InChI is InChI=1S/C44H54N8O7/c1-22(2)36(49-43(55)57-6)41(53)51-14-8-9-33(51)40-46-31-13-11-25-17-30-28-12-10-26(16-27(28)21-59-35(30)18-29(25)38(31)48-40)32-19-45-39(47-32)34-15-24(5)20-52(34)42(54)37(23(3)4)50-44(56)58-7/h10-13,16-19,22-24,33-34,36-37,41,53H,8-9,14-15,20-21H2,1-7H3,(H,45,47)(H,46,48)(H,49,55)(H,50,56)/t24-,33-,34?,36?,37?,41?/m0/s1. The Morgan fingerprint density at radius 3 is 2.46 bits per heavy atom. The average Bonchev–Trinajstić information content (AvgIpc) is 4.06. The first-order valence-corrected chi connectivity index (χ1v) is 20.6. The van der Waals surface area contributed by atoms with Crippen molar-refractivity contribution in [2.45, 2.75) is 90.9 Å². The van der Waals surface area contributed by atoms with Crippen molar-refractivity contribution in [2.75, 3.05) is 27.3 Å². The fraction of sp³-hybridized carbons (Fsp3) is 0.477. The number of aromatic amines is 2. The van der Waals surface area contributed by atoms with Crippen LogP contribution in [-0.4, -0.2) is 98.6 Å². The van der Waals surface area contributed by atoms with Crippen LogP contribution in [-0.2, 0) is 20.9 Å². The van der Waals surface area contributed by atoms with Gasteiger partial charge in [-0.3, -0.25) is 9.69 Å². The molecule has 59 heavy (non-hydrogen) atoms. The van der Waals surface area contributed by atoms with Gasteiger partial charge in [-0.25, -0.2) is 19.6 Å². The van der Waals surface area contributed by atoms with Crippen LogP contribution in [0.25, 0.3) is 44.2 Å². The molecule has 312 valence electrons. The van der Waals surface area contributed by atoms with Crippen LogP contribution in [0.1, 0.15) is 83.2 Å². The Kier molecular flexibility index (Phi) is 11.0. The van der Waals surface area contributed by atoms with Crippen LogP contribution in [0.5, 0.6) is 5.75 Å². The number of ether oxygens (including phenoxy) is 3. The van der Waals surface area contributed by atoms with Crippen LogP contribution in [0.3, 0.4) is 0 Å². The molecule has 6 atom stereocenters. The lowest BCUT2D eigenvalue weighted by atomic mass is 9.92. The molecule has 0 radical (unpaired) electrons. The van der Waals surface area contributed by atoms with Crippen molar-refractivity contribution in [3.05, 3.63) is 65.9 Å². The largest absolute Gasteiger partial charge is 0.488 e. The molecule has 2 saturated heterocycles.